The number of aromatic nitrogens is 2. The third kappa shape index (κ3) is 2.56. The van der Waals surface area contributed by atoms with Gasteiger partial charge in [0.15, 0.2) is 5.69 Å². The van der Waals surface area contributed by atoms with Gasteiger partial charge in [-0.1, -0.05) is 6.92 Å². The van der Waals surface area contributed by atoms with Gasteiger partial charge in [-0.15, -0.1) is 0 Å². The van der Waals surface area contributed by atoms with Crippen LogP contribution in [0, 0.1) is 0 Å². The van der Waals surface area contributed by atoms with Crippen LogP contribution in [0.5, 0.6) is 0 Å². The van der Waals surface area contributed by atoms with Crippen molar-refractivity contribution >= 4 is 5.97 Å². The van der Waals surface area contributed by atoms with Gasteiger partial charge in [-0.3, -0.25) is 5.10 Å². The first-order chi connectivity index (χ1) is 6.50. The Bertz CT molecular complexity index is 320. The molecule has 0 aliphatic heterocycles. The van der Waals surface area contributed by atoms with Gasteiger partial charge in [0.1, 0.15) is 0 Å². The van der Waals surface area contributed by atoms with Crippen LogP contribution in [0.3, 0.4) is 0 Å². The van der Waals surface area contributed by atoms with Gasteiger partial charge in [-0.05, 0) is 20.2 Å². The molecule has 1 aromatic rings. The smallest absolute Gasteiger partial charge is 0.356 e. The predicted octanol–water partition coefficient (Wildman–Crippen LogP) is 0.773. The van der Waals surface area contributed by atoms with Crippen LogP contribution in [-0.2, 0) is 0 Å². The molecule has 0 saturated carbocycles. The van der Waals surface area contributed by atoms with Crippen molar-refractivity contribution in [3.63, 3.8) is 0 Å². The van der Waals surface area contributed by atoms with Crippen LogP contribution in [0.15, 0.2) is 6.07 Å². The molecule has 1 heterocycles. The van der Waals surface area contributed by atoms with Crippen molar-refractivity contribution in [1.29, 1.82) is 0 Å². The molecule has 0 saturated heterocycles. The molecule has 5 nitrogen and oxygen atoms in total. The minimum absolute atomic E-state index is 0.0746. The number of carbonyl (C=O) groups is 1. The van der Waals surface area contributed by atoms with Crippen molar-refractivity contribution in [2.75, 3.05) is 20.6 Å². The molecule has 0 aliphatic carbocycles. The number of nitrogens with one attached hydrogen (secondary N) is 1. The van der Waals surface area contributed by atoms with Gasteiger partial charge in [-0.25, -0.2) is 4.79 Å². The standard InChI is InChI=1S/C9H15N3O2/c1-6(5-12(2)3)7-4-8(9(13)14)11-10-7/h4,6H,5H2,1-3H3,(H,10,11)(H,13,14). The van der Waals surface area contributed by atoms with Crippen molar-refractivity contribution in [3.05, 3.63) is 17.5 Å². The Morgan fingerprint density at radius 2 is 2.36 bits per heavy atom. The van der Waals surface area contributed by atoms with Gasteiger partial charge in [-0.2, -0.15) is 5.10 Å². The van der Waals surface area contributed by atoms with Gasteiger partial charge < -0.3 is 10.0 Å². The SMILES string of the molecule is CC(CN(C)C)c1cc(C(=O)O)n[nH]1. The molecule has 1 unspecified atom stereocenters. The number of carboxylic acids is 1. The molecule has 0 aliphatic rings. The highest BCUT2D eigenvalue weighted by Crippen LogP contribution is 2.13. The number of nitrogens with zero attached hydrogens (tertiary/aromatic N) is 2. The third-order valence-corrected chi connectivity index (χ3v) is 1.99. The van der Waals surface area contributed by atoms with E-state index in [1.807, 2.05) is 25.9 Å². The second kappa shape index (κ2) is 4.23. The Balaban J connectivity index is 2.71. The lowest BCUT2D eigenvalue weighted by Gasteiger charge is -2.14. The molecular weight excluding hydrogens is 182 g/mol. The zero-order valence-electron chi connectivity index (χ0n) is 8.61. The van der Waals surface area contributed by atoms with E-state index in [4.69, 9.17) is 5.11 Å². The van der Waals surface area contributed by atoms with Gasteiger partial charge in [0.05, 0.1) is 0 Å². The second-order valence-electron chi connectivity index (χ2n) is 3.68. The largest absolute Gasteiger partial charge is 0.476 e. The summed E-state index contributed by atoms with van der Waals surface area (Å²) in [5.74, 6) is -0.741. The number of rotatable bonds is 4. The Morgan fingerprint density at radius 1 is 1.71 bits per heavy atom. The summed E-state index contributed by atoms with van der Waals surface area (Å²) in [5, 5.41) is 15.1. The van der Waals surface area contributed by atoms with E-state index in [0.29, 0.717) is 0 Å². The Morgan fingerprint density at radius 3 is 2.79 bits per heavy atom. The maximum absolute atomic E-state index is 10.6. The number of hydrogen-bond acceptors (Lipinski definition) is 3. The molecule has 78 valence electrons. The van der Waals surface area contributed by atoms with Crippen molar-refractivity contribution < 1.29 is 9.90 Å². The van der Waals surface area contributed by atoms with E-state index >= 15 is 0 Å². The van der Waals surface area contributed by atoms with E-state index < -0.39 is 5.97 Å². The van der Waals surface area contributed by atoms with Crippen LogP contribution in [-0.4, -0.2) is 46.8 Å². The highest BCUT2D eigenvalue weighted by molar-refractivity contribution is 5.85. The average molecular weight is 197 g/mol. The quantitative estimate of drug-likeness (QED) is 0.748. The van der Waals surface area contributed by atoms with Crippen LogP contribution in [0.25, 0.3) is 0 Å². The molecule has 0 aromatic carbocycles. The number of H-pyrrole nitrogens is 1. The van der Waals surface area contributed by atoms with E-state index in [1.165, 1.54) is 0 Å². The first-order valence-corrected chi connectivity index (χ1v) is 4.44. The molecule has 1 aromatic heterocycles. The second-order valence-corrected chi connectivity index (χ2v) is 3.68. The maximum atomic E-state index is 10.6. The molecule has 0 spiro atoms. The summed E-state index contributed by atoms with van der Waals surface area (Å²) in [6, 6.07) is 1.58. The third-order valence-electron chi connectivity index (χ3n) is 1.99. The highest BCUT2D eigenvalue weighted by Gasteiger charge is 2.13. The lowest BCUT2D eigenvalue weighted by Crippen LogP contribution is -2.18. The average Bonchev–Trinajstić information content (AvgIpc) is 2.50. The van der Waals surface area contributed by atoms with E-state index in [0.717, 1.165) is 12.2 Å². The van der Waals surface area contributed by atoms with Crippen molar-refractivity contribution in [1.82, 2.24) is 15.1 Å². The molecule has 0 radical (unpaired) electrons. The predicted molar refractivity (Wildman–Crippen MR) is 52.5 cm³/mol. The maximum Gasteiger partial charge on any atom is 0.356 e. The molecule has 1 rings (SSSR count). The summed E-state index contributed by atoms with van der Waals surface area (Å²) in [7, 11) is 3.95. The first kappa shape index (κ1) is 10.7. The van der Waals surface area contributed by atoms with Crippen LogP contribution in [0.4, 0.5) is 0 Å². The normalized spacial score (nSPS) is 13.1. The Hall–Kier alpha value is -1.36. The molecule has 0 bridgehead atoms. The molecule has 2 N–H and O–H groups in total. The molecule has 0 amide bonds. The zero-order chi connectivity index (χ0) is 10.7. The van der Waals surface area contributed by atoms with Gasteiger partial charge >= 0.3 is 5.97 Å². The molecule has 1 atom stereocenters. The summed E-state index contributed by atoms with van der Waals surface area (Å²) >= 11 is 0. The number of aromatic carboxylic acids is 1. The molecule has 14 heavy (non-hydrogen) atoms. The lowest BCUT2D eigenvalue weighted by atomic mass is 10.1. The number of likely N-dealkylation sites (N-methyl/N-ethyl adjacent to an activating group) is 1. The van der Waals surface area contributed by atoms with Crippen LogP contribution in [0.1, 0.15) is 29.0 Å². The van der Waals surface area contributed by atoms with Crippen LogP contribution >= 0.6 is 0 Å². The van der Waals surface area contributed by atoms with Crippen LogP contribution < -0.4 is 0 Å². The fraction of sp³-hybridized carbons (Fsp3) is 0.556. The number of aromatic amines is 1. The summed E-state index contributed by atoms with van der Waals surface area (Å²) in [5.41, 5.74) is 0.932. The Kier molecular flexibility index (Phi) is 3.24. The van der Waals surface area contributed by atoms with Crippen molar-refractivity contribution in [2.45, 2.75) is 12.8 Å². The molecule has 0 fully saturated rings. The summed E-state index contributed by atoms with van der Waals surface area (Å²) < 4.78 is 0. The number of carboxylic acid groups (broad SMARTS) is 1. The Labute approximate surface area is 82.7 Å². The molecular formula is C9H15N3O2. The van der Waals surface area contributed by atoms with Crippen molar-refractivity contribution in [2.24, 2.45) is 0 Å². The van der Waals surface area contributed by atoms with Gasteiger partial charge in [0.2, 0.25) is 0 Å². The van der Waals surface area contributed by atoms with E-state index in [2.05, 4.69) is 10.2 Å². The monoisotopic (exact) mass is 197 g/mol. The van der Waals surface area contributed by atoms with Gasteiger partial charge in [0, 0.05) is 18.2 Å². The zero-order valence-corrected chi connectivity index (χ0v) is 8.61. The van der Waals surface area contributed by atoms with E-state index in [-0.39, 0.29) is 11.6 Å². The van der Waals surface area contributed by atoms with Gasteiger partial charge in [0.25, 0.3) is 0 Å². The molecule has 5 heteroatoms. The number of hydrogen-bond donors (Lipinski definition) is 2. The fourth-order valence-corrected chi connectivity index (χ4v) is 1.34. The minimum atomic E-state index is -0.996. The lowest BCUT2D eigenvalue weighted by molar-refractivity contribution is 0.0690. The van der Waals surface area contributed by atoms with Crippen molar-refractivity contribution in [3.8, 4) is 0 Å². The minimum Gasteiger partial charge on any atom is -0.476 e. The van der Waals surface area contributed by atoms with Crippen LogP contribution in [0.2, 0.25) is 0 Å². The van der Waals surface area contributed by atoms with E-state index in [9.17, 15) is 4.79 Å². The summed E-state index contributed by atoms with van der Waals surface area (Å²) in [6.07, 6.45) is 0. The first-order valence-electron chi connectivity index (χ1n) is 4.44. The topological polar surface area (TPSA) is 69.2 Å². The van der Waals surface area contributed by atoms with E-state index in [1.54, 1.807) is 6.07 Å². The highest BCUT2D eigenvalue weighted by atomic mass is 16.4. The fourth-order valence-electron chi connectivity index (χ4n) is 1.34. The summed E-state index contributed by atoms with van der Waals surface area (Å²) in [6.45, 7) is 2.89. The summed E-state index contributed by atoms with van der Waals surface area (Å²) in [4.78, 5) is 12.6.